The molecule has 0 unspecified atom stereocenters. The van der Waals surface area contributed by atoms with Crippen molar-refractivity contribution in [3.8, 4) is 11.8 Å². The predicted octanol–water partition coefficient (Wildman–Crippen LogP) is 5.67. The molecule has 0 atom stereocenters. The first kappa shape index (κ1) is 22.2. The van der Waals surface area contributed by atoms with E-state index in [4.69, 9.17) is 16.3 Å². The summed E-state index contributed by atoms with van der Waals surface area (Å²) in [7, 11) is 0. The van der Waals surface area contributed by atoms with Crippen molar-refractivity contribution in [3.63, 3.8) is 0 Å². The Hall–Kier alpha value is -4.01. The number of carbonyl (C=O) groups excluding carboxylic acids is 1. The van der Waals surface area contributed by atoms with Gasteiger partial charge in [0.25, 0.3) is 5.91 Å². The van der Waals surface area contributed by atoms with Gasteiger partial charge in [0.1, 0.15) is 24.0 Å². The summed E-state index contributed by atoms with van der Waals surface area (Å²) in [5.41, 5.74) is 3.89. The van der Waals surface area contributed by atoms with Crippen molar-refractivity contribution < 1.29 is 9.53 Å². The molecule has 2 N–H and O–H groups in total. The average molecular weight is 456 g/mol. The number of benzene rings is 3. The van der Waals surface area contributed by atoms with Crippen LogP contribution in [0.1, 0.15) is 16.7 Å². The standard InChI is InChI=1S/C27H22ClN3O2/c28-25-7-3-1-5-21(25)18-33-23-11-9-19(10-12-23)15-22(16-29)27(32)30-14-13-20-17-31-26-8-4-2-6-24(20)26/h1-12,15,17,31H,13-14,18H2,(H,30,32)/b22-15-. The number of hydrogen-bond acceptors (Lipinski definition) is 3. The zero-order valence-corrected chi connectivity index (χ0v) is 18.6. The molecule has 0 aliphatic carbocycles. The molecule has 0 saturated heterocycles. The van der Waals surface area contributed by atoms with Crippen molar-refractivity contribution in [3.05, 3.63) is 106 Å². The van der Waals surface area contributed by atoms with Crippen molar-refractivity contribution in [1.29, 1.82) is 5.26 Å². The van der Waals surface area contributed by atoms with E-state index in [0.29, 0.717) is 30.3 Å². The summed E-state index contributed by atoms with van der Waals surface area (Å²) in [4.78, 5) is 15.7. The van der Waals surface area contributed by atoms with E-state index in [9.17, 15) is 10.1 Å². The molecule has 33 heavy (non-hydrogen) atoms. The lowest BCUT2D eigenvalue weighted by molar-refractivity contribution is -0.117. The summed E-state index contributed by atoms with van der Waals surface area (Å²) >= 11 is 6.15. The number of nitrogens with one attached hydrogen (secondary N) is 2. The molecule has 0 saturated carbocycles. The lowest BCUT2D eigenvalue weighted by atomic mass is 10.1. The summed E-state index contributed by atoms with van der Waals surface area (Å²) in [5.74, 6) is 0.283. The van der Waals surface area contributed by atoms with E-state index in [1.807, 2.05) is 60.8 Å². The van der Waals surface area contributed by atoms with Crippen LogP contribution in [-0.2, 0) is 17.8 Å². The fraction of sp³-hybridized carbons (Fsp3) is 0.111. The topological polar surface area (TPSA) is 77.9 Å². The highest BCUT2D eigenvalue weighted by atomic mass is 35.5. The lowest BCUT2D eigenvalue weighted by Gasteiger charge is -2.08. The Labute approximate surface area is 197 Å². The zero-order chi connectivity index (χ0) is 23.0. The second-order valence-corrected chi connectivity index (χ2v) is 7.89. The first-order chi connectivity index (χ1) is 16.1. The third kappa shape index (κ3) is 5.62. The molecule has 0 bridgehead atoms. The molecule has 3 aromatic carbocycles. The van der Waals surface area contributed by atoms with Crippen molar-refractivity contribution >= 4 is 34.5 Å². The van der Waals surface area contributed by atoms with Gasteiger partial charge in [-0.1, -0.05) is 60.1 Å². The van der Waals surface area contributed by atoms with Crippen molar-refractivity contribution in [2.45, 2.75) is 13.0 Å². The number of nitrogens with zero attached hydrogens (tertiary/aromatic N) is 1. The van der Waals surface area contributed by atoms with E-state index in [2.05, 4.69) is 10.3 Å². The number of halogens is 1. The number of aromatic nitrogens is 1. The molecule has 0 spiro atoms. The summed E-state index contributed by atoms with van der Waals surface area (Å²) in [6.07, 6.45) is 4.19. The van der Waals surface area contributed by atoms with Gasteiger partial charge in [-0.05, 0) is 47.9 Å². The van der Waals surface area contributed by atoms with Crippen LogP contribution in [0.25, 0.3) is 17.0 Å². The van der Waals surface area contributed by atoms with Crippen LogP contribution in [0.15, 0.2) is 84.6 Å². The summed E-state index contributed by atoms with van der Waals surface area (Å²) < 4.78 is 5.77. The highest BCUT2D eigenvalue weighted by Gasteiger charge is 2.10. The minimum atomic E-state index is -0.392. The van der Waals surface area contributed by atoms with Crippen molar-refractivity contribution in [1.82, 2.24) is 10.3 Å². The molecule has 6 heteroatoms. The molecular weight excluding hydrogens is 434 g/mol. The van der Waals surface area contributed by atoms with Crippen LogP contribution in [0.3, 0.4) is 0 Å². The Bertz CT molecular complexity index is 1330. The van der Waals surface area contributed by atoms with E-state index in [0.717, 1.165) is 27.6 Å². The summed E-state index contributed by atoms with van der Waals surface area (Å²) in [6.45, 7) is 0.797. The number of nitriles is 1. The molecule has 1 heterocycles. The predicted molar refractivity (Wildman–Crippen MR) is 131 cm³/mol. The minimum Gasteiger partial charge on any atom is -0.489 e. The zero-order valence-electron chi connectivity index (χ0n) is 17.8. The number of fused-ring (bicyclic) bond motifs is 1. The van der Waals surface area contributed by atoms with Gasteiger partial charge in [0.2, 0.25) is 0 Å². The fourth-order valence-electron chi connectivity index (χ4n) is 3.50. The van der Waals surface area contributed by atoms with E-state index in [1.165, 1.54) is 0 Å². The van der Waals surface area contributed by atoms with Crippen molar-refractivity contribution in [2.75, 3.05) is 6.54 Å². The Morgan fingerprint density at radius 2 is 1.79 bits per heavy atom. The smallest absolute Gasteiger partial charge is 0.261 e. The maximum atomic E-state index is 12.5. The molecule has 164 valence electrons. The SMILES string of the molecule is N#C/C(=C/c1ccc(OCc2ccccc2Cl)cc1)C(=O)NCCc1c[nH]c2ccccc12. The van der Waals surface area contributed by atoms with Gasteiger partial charge in [-0.3, -0.25) is 4.79 Å². The number of amides is 1. The van der Waals surface area contributed by atoms with E-state index >= 15 is 0 Å². The van der Waals surface area contributed by atoms with Gasteiger partial charge in [-0.25, -0.2) is 0 Å². The molecule has 5 nitrogen and oxygen atoms in total. The first-order valence-electron chi connectivity index (χ1n) is 10.6. The third-order valence-electron chi connectivity index (χ3n) is 5.26. The van der Waals surface area contributed by atoms with Crippen LogP contribution in [0.2, 0.25) is 5.02 Å². The number of aromatic amines is 1. The summed E-state index contributed by atoms with van der Waals surface area (Å²) in [6, 6.07) is 24.7. The monoisotopic (exact) mass is 455 g/mol. The molecule has 1 amide bonds. The van der Waals surface area contributed by atoms with E-state index < -0.39 is 5.91 Å². The van der Waals surface area contributed by atoms with Gasteiger partial charge in [-0.15, -0.1) is 0 Å². The van der Waals surface area contributed by atoms with Crippen LogP contribution < -0.4 is 10.1 Å². The van der Waals surface area contributed by atoms with Gasteiger partial charge in [0.15, 0.2) is 0 Å². The van der Waals surface area contributed by atoms with Gasteiger partial charge in [0, 0.05) is 34.2 Å². The lowest BCUT2D eigenvalue weighted by Crippen LogP contribution is -2.26. The third-order valence-corrected chi connectivity index (χ3v) is 5.63. The largest absolute Gasteiger partial charge is 0.489 e. The van der Waals surface area contributed by atoms with E-state index in [-0.39, 0.29) is 5.57 Å². The molecule has 1 aromatic heterocycles. The van der Waals surface area contributed by atoms with Crippen LogP contribution in [0, 0.1) is 11.3 Å². The maximum Gasteiger partial charge on any atom is 0.261 e. The van der Waals surface area contributed by atoms with Crippen LogP contribution in [0.4, 0.5) is 0 Å². The Kier molecular flexibility index (Phi) is 7.09. The molecular formula is C27H22ClN3O2. The minimum absolute atomic E-state index is 0.0543. The second-order valence-electron chi connectivity index (χ2n) is 7.48. The fourth-order valence-corrected chi connectivity index (χ4v) is 3.69. The quantitative estimate of drug-likeness (QED) is 0.265. The molecule has 0 fully saturated rings. The van der Waals surface area contributed by atoms with Gasteiger partial charge >= 0.3 is 0 Å². The van der Waals surface area contributed by atoms with E-state index in [1.54, 1.807) is 30.3 Å². The number of H-pyrrole nitrogens is 1. The van der Waals surface area contributed by atoms with Gasteiger partial charge in [0.05, 0.1) is 0 Å². The number of rotatable bonds is 8. The maximum absolute atomic E-state index is 12.5. The Morgan fingerprint density at radius 3 is 2.58 bits per heavy atom. The molecule has 0 aliphatic rings. The van der Waals surface area contributed by atoms with Crippen LogP contribution >= 0.6 is 11.6 Å². The van der Waals surface area contributed by atoms with Crippen LogP contribution in [-0.4, -0.2) is 17.4 Å². The second kappa shape index (κ2) is 10.5. The highest BCUT2D eigenvalue weighted by molar-refractivity contribution is 6.31. The first-order valence-corrected chi connectivity index (χ1v) is 10.9. The number of ether oxygens (including phenoxy) is 1. The summed E-state index contributed by atoms with van der Waals surface area (Å²) in [5, 5.41) is 14.1. The number of hydrogen-bond donors (Lipinski definition) is 2. The number of para-hydroxylation sites is 1. The molecule has 4 rings (SSSR count). The molecule has 0 radical (unpaired) electrons. The normalized spacial score (nSPS) is 11.2. The highest BCUT2D eigenvalue weighted by Crippen LogP contribution is 2.20. The molecule has 4 aromatic rings. The number of carbonyl (C=O) groups is 1. The Morgan fingerprint density at radius 1 is 1.03 bits per heavy atom. The molecule has 0 aliphatic heterocycles. The van der Waals surface area contributed by atoms with Crippen molar-refractivity contribution in [2.24, 2.45) is 0 Å². The van der Waals surface area contributed by atoms with Crippen LogP contribution in [0.5, 0.6) is 5.75 Å². The van der Waals surface area contributed by atoms with Gasteiger partial charge in [-0.2, -0.15) is 5.26 Å². The Balaban J connectivity index is 1.33. The average Bonchev–Trinajstić information content (AvgIpc) is 3.26. The van der Waals surface area contributed by atoms with Gasteiger partial charge < -0.3 is 15.0 Å².